The zero-order valence-corrected chi connectivity index (χ0v) is 16.4. The lowest BCUT2D eigenvalue weighted by molar-refractivity contribution is 0.0959. The molecule has 1 aromatic carbocycles. The van der Waals surface area contributed by atoms with Crippen molar-refractivity contribution in [3.05, 3.63) is 44.1 Å². The smallest absolute Gasteiger partial charge is 0.281 e. The van der Waals surface area contributed by atoms with Crippen molar-refractivity contribution in [1.82, 2.24) is 5.43 Å². The van der Waals surface area contributed by atoms with E-state index >= 15 is 0 Å². The molecule has 1 heterocycles. The maximum Gasteiger partial charge on any atom is 0.281 e. The molecule has 1 amide bonds. The molecule has 0 unspecified atom stereocenters. The van der Waals surface area contributed by atoms with Crippen LogP contribution in [-0.4, -0.2) is 26.3 Å². The van der Waals surface area contributed by atoms with Gasteiger partial charge >= 0.3 is 0 Å². The second kappa shape index (κ2) is 8.56. The van der Waals surface area contributed by atoms with Crippen molar-refractivity contribution in [2.45, 2.75) is 32.1 Å². The number of hydrazone groups is 1. The molecule has 0 radical (unpaired) electrons. The first-order valence-electron chi connectivity index (χ1n) is 8.49. The van der Waals surface area contributed by atoms with E-state index in [9.17, 15) is 4.79 Å². The summed E-state index contributed by atoms with van der Waals surface area (Å²) in [5.41, 5.74) is 4.60. The van der Waals surface area contributed by atoms with Gasteiger partial charge in [0.1, 0.15) is 0 Å². The van der Waals surface area contributed by atoms with Crippen molar-refractivity contribution < 1.29 is 14.3 Å². The molecule has 0 atom stereocenters. The second-order valence-electron chi connectivity index (χ2n) is 6.06. The Morgan fingerprint density at radius 3 is 2.77 bits per heavy atom. The van der Waals surface area contributed by atoms with Gasteiger partial charge in [-0.1, -0.05) is 18.0 Å². The third kappa shape index (κ3) is 4.19. The van der Waals surface area contributed by atoms with E-state index in [2.05, 4.69) is 10.5 Å². The molecule has 2 aromatic rings. The predicted octanol–water partition coefficient (Wildman–Crippen LogP) is 4.45. The Morgan fingerprint density at radius 2 is 2.00 bits per heavy atom. The number of benzene rings is 1. The van der Waals surface area contributed by atoms with Crippen LogP contribution in [0.25, 0.3) is 0 Å². The highest BCUT2D eigenvalue weighted by Gasteiger charge is 2.16. The number of hydrogen-bond acceptors (Lipinski definition) is 5. The highest BCUT2D eigenvalue weighted by atomic mass is 35.5. The first kappa shape index (κ1) is 18.7. The van der Waals surface area contributed by atoms with Crippen LogP contribution in [-0.2, 0) is 12.8 Å². The number of ether oxygens (including phenoxy) is 2. The van der Waals surface area contributed by atoms with Crippen LogP contribution in [0.1, 0.15) is 44.9 Å². The number of nitrogens with one attached hydrogen (secondary N) is 1. The Hall–Kier alpha value is -2.05. The maximum atomic E-state index is 12.3. The molecule has 0 saturated heterocycles. The molecule has 7 heteroatoms. The number of carbonyl (C=O) groups excluding carboxylic acids is 1. The molecule has 3 rings (SSSR count). The highest BCUT2D eigenvalue weighted by Crippen LogP contribution is 2.35. The molecule has 1 aliphatic carbocycles. The van der Waals surface area contributed by atoms with E-state index in [1.54, 1.807) is 23.5 Å². The fourth-order valence-electron chi connectivity index (χ4n) is 3.01. The lowest BCUT2D eigenvalue weighted by Gasteiger charge is -2.09. The molecular formula is C19H21ClN2O3S. The number of nitrogens with zero attached hydrogens (tertiary/aromatic N) is 1. The zero-order chi connectivity index (χ0) is 18.5. The first-order chi connectivity index (χ1) is 12.6. The van der Waals surface area contributed by atoms with Crippen molar-refractivity contribution in [2.24, 2.45) is 5.10 Å². The number of carbonyl (C=O) groups is 1. The Kier molecular flexibility index (Phi) is 6.16. The minimum absolute atomic E-state index is 0.189. The average Bonchev–Trinajstić information content (AvgIpc) is 2.92. The van der Waals surface area contributed by atoms with E-state index in [1.165, 1.54) is 50.1 Å². The summed E-state index contributed by atoms with van der Waals surface area (Å²) >= 11 is 7.74. The Labute approximate surface area is 162 Å². The van der Waals surface area contributed by atoms with Gasteiger partial charge in [0, 0.05) is 4.88 Å². The Bertz CT molecular complexity index is 809. The average molecular weight is 393 g/mol. The van der Waals surface area contributed by atoms with E-state index in [0.29, 0.717) is 27.0 Å². The van der Waals surface area contributed by atoms with Crippen LogP contribution < -0.4 is 14.9 Å². The van der Waals surface area contributed by atoms with Gasteiger partial charge in [0.15, 0.2) is 11.5 Å². The number of fused-ring (bicyclic) bond motifs is 1. The summed E-state index contributed by atoms with van der Waals surface area (Å²) in [6.45, 7) is 0. The number of amides is 1. The summed E-state index contributed by atoms with van der Waals surface area (Å²) in [5.74, 6) is 0.788. The summed E-state index contributed by atoms with van der Waals surface area (Å²) in [6, 6.07) is 5.45. The van der Waals surface area contributed by atoms with Crippen LogP contribution in [0.4, 0.5) is 0 Å². The fourth-order valence-corrected chi connectivity index (χ4v) is 4.45. The summed E-state index contributed by atoms with van der Waals surface area (Å²) in [6.07, 6.45) is 7.33. The standard InChI is InChI=1S/C19H21ClN2O3S/c1-24-15-9-12(8-14(20)18(15)25-2)11-21-22-19(23)17-10-13-6-4-3-5-7-16(13)26-17/h8-11H,3-7H2,1-2H3,(H,22,23)/b21-11-. The monoisotopic (exact) mass is 392 g/mol. The maximum absolute atomic E-state index is 12.3. The summed E-state index contributed by atoms with van der Waals surface area (Å²) < 4.78 is 10.5. The topological polar surface area (TPSA) is 59.9 Å². The van der Waals surface area contributed by atoms with Crippen LogP contribution in [0.3, 0.4) is 0 Å². The lowest BCUT2D eigenvalue weighted by atomic mass is 10.1. The van der Waals surface area contributed by atoms with Gasteiger partial charge in [-0.15, -0.1) is 11.3 Å². The molecule has 0 fully saturated rings. The van der Waals surface area contributed by atoms with Crippen LogP contribution in [0.5, 0.6) is 11.5 Å². The number of rotatable bonds is 5. The van der Waals surface area contributed by atoms with Gasteiger partial charge in [-0.2, -0.15) is 5.10 Å². The van der Waals surface area contributed by atoms with Gasteiger partial charge in [-0.25, -0.2) is 5.43 Å². The van der Waals surface area contributed by atoms with Gasteiger partial charge in [-0.05, 0) is 55.0 Å². The molecule has 5 nitrogen and oxygen atoms in total. The number of hydrogen-bond donors (Lipinski definition) is 1. The van der Waals surface area contributed by atoms with Crippen molar-refractivity contribution in [3.8, 4) is 11.5 Å². The van der Waals surface area contributed by atoms with Crippen molar-refractivity contribution in [3.63, 3.8) is 0 Å². The SMILES string of the molecule is COc1cc(/C=N\NC(=O)c2cc3c(s2)CCCCC3)cc(Cl)c1OC. The molecule has 0 bridgehead atoms. The number of thiophene rings is 1. The first-order valence-corrected chi connectivity index (χ1v) is 9.68. The Morgan fingerprint density at radius 1 is 1.19 bits per heavy atom. The van der Waals surface area contributed by atoms with E-state index in [4.69, 9.17) is 21.1 Å². The van der Waals surface area contributed by atoms with Gasteiger partial charge in [-0.3, -0.25) is 4.79 Å². The molecule has 1 aromatic heterocycles. The third-order valence-corrected chi connectivity index (χ3v) is 5.82. The van der Waals surface area contributed by atoms with Crippen molar-refractivity contribution in [2.75, 3.05) is 14.2 Å². The molecule has 0 spiro atoms. The molecule has 26 heavy (non-hydrogen) atoms. The number of aryl methyl sites for hydroxylation is 2. The minimum atomic E-state index is -0.189. The summed E-state index contributed by atoms with van der Waals surface area (Å²) in [5, 5.41) is 4.46. The molecule has 0 aliphatic heterocycles. The third-order valence-electron chi connectivity index (χ3n) is 4.31. The highest BCUT2D eigenvalue weighted by molar-refractivity contribution is 7.14. The minimum Gasteiger partial charge on any atom is -0.493 e. The van der Waals surface area contributed by atoms with Gasteiger partial charge in [0.05, 0.1) is 30.3 Å². The predicted molar refractivity (Wildman–Crippen MR) is 105 cm³/mol. The molecule has 1 aliphatic rings. The van der Waals surface area contributed by atoms with Crippen LogP contribution in [0.15, 0.2) is 23.3 Å². The van der Waals surface area contributed by atoms with Gasteiger partial charge in [0.25, 0.3) is 5.91 Å². The molecular weight excluding hydrogens is 372 g/mol. The zero-order valence-electron chi connectivity index (χ0n) is 14.8. The van der Waals surface area contributed by atoms with E-state index < -0.39 is 0 Å². The number of methoxy groups -OCH3 is 2. The fraction of sp³-hybridized carbons (Fsp3) is 0.368. The normalized spacial score (nSPS) is 14.0. The van der Waals surface area contributed by atoms with Crippen molar-refractivity contribution >= 4 is 35.1 Å². The number of halogens is 1. The second-order valence-corrected chi connectivity index (χ2v) is 7.60. The lowest BCUT2D eigenvalue weighted by Crippen LogP contribution is -2.16. The van der Waals surface area contributed by atoms with E-state index in [0.717, 1.165) is 12.8 Å². The van der Waals surface area contributed by atoms with Crippen molar-refractivity contribution in [1.29, 1.82) is 0 Å². The summed E-state index contributed by atoms with van der Waals surface area (Å²) in [4.78, 5) is 14.4. The van der Waals surface area contributed by atoms with Gasteiger partial charge < -0.3 is 9.47 Å². The molecule has 0 saturated carbocycles. The largest absolute Gasteiger partial charge is 0.493 e. The van der Waals surface area contributed by atoms with Crippen LogP contribution >= 0.6 is 22.9 Å². The molecule has 1 N–H and O–H groups in total. The van der Waals surface area contributed by atoms with Crippen LogP contribution in [0.2, 0.25) is 5.02 Å². The van der Waals surface area contributed by atoms with Crippen LogP contribution in [0, 0.1) is 0 Å². The quantitative estimate of drug-likeness (QED) is 0.464. The molecule has 138 valence electrons. The van der Waals surface area contributed by atoms with Gasteiger partial charge in [0.2, 0.25) is 0 Å². The summed E-state index contributed by atoms with van der Waals surface area (Å²) in [7, 11) is 3.07. The van der Waals surface area contributed by atoms with E-state index in [-0.39, 0.29) is 5.91 Å². The Balaban J connectivity index is 1.69. The van der Waals surface area contributed by atoms with E-state index in [1.807, 2.05) is 6.07 Å².